The summed E-state index contributed by atoms with van der Waals surface area (Å²) in [7, 11) is 1.74. The summed E-state index contributed by atoms with van der Waals surface area (Å²) in [5, 5.41) is 5.86. The molecule has 124 valence electrons. The lowest BCUT2D eigenvalue weighted by atomic mass is 10.2. The largest absolute Gasteiger partial charge is 0.467 e. The number of aromatic nitrogens is 1. The van der Waals surface area contributed by atoms with Crippen LogP contribution in [0, 0.1) is 0 Å². The van der Waals surface area contributed by atoms with E-state index in [9.17, 15) is 4.79 Å². The van der Waals surface area contributed by atoms with E-state index < -0.39 is 0 Å². The number of nitrogens with one attached hydrogen (secondary N) is 1. The zero-order valence-corrected chi connectivity index (χ0v) is 14.4. The van der Waals surface area contributed by atoms with Crippen LogP contribution in [0.5, 0.6) is 0 Å². The van der Waals surface area contributed by atoms with Crippen molar-refractivity contribution in [1.82, 2.24) is 15.2 Å². The Morgan fingerprint density at radius 3 is 2.79 bits per heavy atom. The minimum Gasteiger partial charge on any atom is -0.467 e. The van der Waals surface area contributed by atoms with Gasteiger partial charge >= 0.3 is 6.03 Å². The van der Waals surface area contributed by atoms with Crippen molar-refractivity contribution >= 4 is 17.4 Å². The molecule has 6 heteroatoms. The van der Waals surface area contributed by atoms with Crippen molar-refractivity contribution < 1.29 is 9.21 Å². The molecule has 0 aliphatic rings. The first-order valence-corrected chi connectivity index (χ1v) is 8.56. The van der Waals surface area contributed by atoms with Crippen LogP contribution in [0.15, 0.2) is 58.5 Å². The Hall–Kier alpha value is -2.60. The molecular formula is C18H19N3O2S. The maximum Gasteiger partial charge on any atom is 0.318 e. The van der Waals surface area contributed by atoms with Gasteiger partial charge in [-0.1, -0.05) is 30.3 Å². The molecule has 0 unspecified atom stereocenters. The molecular weight excluding hydrogens is 322 g/mol. The summed E-state index contributed by atoms with van der Waals surface area (Å²) in [6, 6.07) is 13.4. The second-order valence-electron chi connectivity index (χ2n) is 5.54. The van der Waals surface area contributed by atoms with Crippen LogP contribution in [0.2, 0.25) is 0 Å². The highest BCUT2D eigenvalue weighted by atomic mass is 32.1. The van der Waals surface area contributed by atoms with Crippen LogP contribution in [-0.4, -0.2) is 23.0 Å². The second kappa shape index (κ2) is 7.31. The molecule has 0 radical (unpaired) electrons. The third kappa shape index (κ3) is 3.83. The van der Waals surface area contributed by atoms with E-state index in [2.05, 4.69) is 10.3 Å². The van der Waals surface area contributed by atoms with Gasteiger partial charge in [-0.25, -0.2) is 9.78 Å². The predicted octanol–water partition coefficient (Wildman–Crippen LogP) is 4.31. The number of benzene rings is 1. The smallest absolute Gasteiger partial charge is 0.318 e. The van der Waals surface area contributed by atoms with Gasteiger partial charge in [-0.05, 0) is 19.1 Å². The van der Waals surface area contributed by atoms with E-state index in [4.69, 9.17) is 4.42 Å². The first-order valence-electron chi connectivity index (χ1n) is 7.68. The molecule has 3 aromatic rings. The van der Waals surface area contributed by atoms with Gasteiger partial charge in [0.15, 0.2) is 0 Å². The fourth-order valence-corrected chi connectivity index (χ4v) is 3.13. The van der Waals surface area contributed by atoms with Gasteiger partial charge in [0, 0.05) is 18.0 Å². The second-order valence-corrected chi connectivity index (χ2v) is 6.43. The van der Waals surface area contributed by atoms with E-state index in [1.165, 1.54) is 0 Å². The zero-order chi connectivity index (χ0) is 16.9. The summed E-state index contributed by atoms with van der Waals surface area (Å²) >= 11 is 1.55. The summed E-state index contributed by atoms with van der Waals surface area (Å²) in [5.74, 6) is 0.751. The SMILES string of the molecule is C[C@@H](NC(=O)N(C)Cc1ccco1)c1nc(-c2ccccc2)cs1. The number of furan rings is 1. The lowest BCUT2D eigenvalue weighted by molar-refractivity contribution is 0.199. The summed E-state index contributed by atoms with van der Waals surface area (Å²) in [6.45, 7) is 2.37. The molecule has 24 heavy (non-hydrogen) atoms. The number of rotatable bonds is 5. The fourth-order valence-electron chi connectivity index (χ4n) is 2.29. The highest BCUT2D eigenvalue weighted by Gasteiger charge is 2.17. The van der Waals surface area contributed by atoms with Crippen molar-refractivity contribution in [2.24, 2.45) is 0 Å². The average Bonchev–Trinajstić information content (AvgIpc) is 3.27. The van der Waals surface area contributed by atoms with E-state index in [-0.39, 0.29) is 12.1 Å². The van der Waals surface area contributed by atoms with Crippen LogP contribution in [0.3, 0.4) is 0 Å². The monoisotopic (exact) mass is 341 g/mol. The van der Waals surface area contributed by atoms with E-state index in [0.29, 0.717) is 6.54 Å². The lowest BCUT2D eigenvalue weighted by Crippen LogP contribution is -2.38. The molecule has 5 nitrogen and oxygen atoms in total. The number of thiazole rings is 1. The normalized spacial score (nSPS) is 11.9. The quantitative estimate of drug-likeness (QED) is 0.752. The van der Waals surface area contributed by atoms with Crippen molar-refractivity contribution in [2.75, 3.05) is 7.05 Å². The average molecular weight is 341 g/mol. The van der Waals surface area contributed by atoms with Crippen molar-refractivity contribution in [3.63, 3.8) is 0 Å². The molecule has 2 heterocycles. The number of nitrogens with zero attached hydrogens (tertiary/aromatic N) is 2. The summed E-state index contributed by atoms with van der Waals surface area (Å²) in [6.07, 6.45) is 1.60. The molecule has 2 amide bonds. The number of hydrogen-bond acceptors (Lipinski definition) is 4. The first-order chi connectivity index (χ1) is 11.6. The van der Waals surface area contributed by atoms with Gasteiger partial charge in [-0.3, -0.25) is 0 Å². The van der Waals surface area contributed by atoms with Gasteiger partial charge in [-0.2, -0.15) is 0 Å². The molecule has 0 saturated heterocycles. The Balaban J connectivity index is 1.61. The van der Waals surface area contributed by atoms with Crippen LogP contribution in [0.1, 0.15) is 23.7 Å². The number of carbonyl (C=O) groups excluding carboxylic acids is 1. The maximum atomic E-state index is 12.3. The van der Waals surface area contributed by atoms with Crippen molar-refractivity contribution in [3.05, 3.63) is 64.9 Å². The minimum absolute atomic E-state index is 0.154. The molecule has 1 N–H and O–H groups in total. The predicted molar refractivity (Wildman–Crippen MR) is 94.7 cm³/mol. The highest BCUT2D eigenvalue weighted by molar-refractivity contribution is 7.10. The van der Waals surface area contributed by atoms with E-state index >= 15 is 0 Å². The van der Waals surface area contributed by atoms with Gasteiger partial charge in [0.25, 0.3) is 0 Å². The standard InChI is InChI=1S/C18H19N3O2S/c1-13(19-18(22)21(2)11-15-9-6-10-23-15)17-20-16(12-24-17)14-7-4-3-5-8-14/h3-10,12-13H,11H2,1-2H3,(H,19,22)/t13-/m1/s1. The van der Waals surface area contributed by atoms with E-state index in [0.717, 1.165) is 22.0 Å². The Morgan fingerprint density at radius 1 is 1.29 bits per heavy atom. The molecule has 0 fully saturated rings. The maximum absolute atomic E-state index is 12.3. The molecule has 2 aromatic heterocycles. The van der Waals surface area contributed by atoms with Crippen molar-refractivity contribution in [3.8, 4) is 11.3 Å². The Labute approximate surface area is 144 Å². The fraction of sp³-hybridized carbons (Fsp3) is 0.222. The summed E-state index contributed by atoms with van der Waals surface area (Å²) in [5.41, 5.74) is 2.01. The molecule has 1 aromatic carbocycles. The van der Waals surface area contributed by atoms with Gasteiger partial charge in [0.1, 0.15) is 10.8 Å². The van der Waals surface area contributed by atoms with E-state index in [1.54, 1.807) is 29.5 Å². The lowest BCUT2D eigenvalue weighted by Gasteiger charge is -2.19. The van der Waals surface area contributed by atoms with Crippen LogP contribution >= 0.6 is 11.3 Å². The Bertz CT molecular complexity index is 784. The summed E-state index contributed by atoms with van der Waals surface area (Å²) < 4.78 is 5.26. The highest BCUT2D eigenvalue weighted by Crippen LogP contribution is 2.25. The Morgan fingerprint density at radius 2 is 2.08 bits per heavy atom. The number of carbonyl (C=O) groups is 1. The topological polar surface area (TPSA) is 58.4 Å². The van der Waals surface area contributed by atoms with Gasteiger partial charge < -0.3 is 14.6 Å². The molecule has 3 rings (SSSR count). The molecule has 0 bridgehead atoms. The van der Waals surface area contributed by atoms with Crippen LogP contribution < -0.4 is 5.32 Å². The van der Waals surface area contributed by atoms with Crippen LogP contribution in [0.25, 0.3) is 11.3 Å². The molecule has 0 aliphatic heterocycles. The van der Waals surface area contributed by atoms with Gasteiger partial charge in [0.2, 0.25) is 0 Å². The number of urea groups is 1. The minimum atomic E-state index is -0.157. The molecule has 1 atom stereocenters. The van der Waals surface area contributed by atoms with Crippen LogP contribution in [-0.2, 0) is 6.54 Å². The summed E-state index contributed by atoms with van der Waals surface area (Å²) in [4.78, 5) is 18.5. The molecule has 0 aliphatic carbocycles. The Kier molecular flexibility index (Phi) is 4.96. The zero-order valence-electron chi connectivity index (χ0n) is 13.6. The van der Waals surface area contributed by atoms with Gasteiger partial charge in [-0.15, -0.1) is 11.3 Å². The molecule has 0 saturated carbocycles. The van der Waals surface area contributed by atoms with Crippen molar-refractivity contribution in [1.29, 1.82) is 0 Å². The third-order valence-corrected chi connectivity index (χ3v) is 4.65. The first kappa shape index (κ1) is 16.3. The molecule has 0 spiro atoms. The number of amides is 2. The number of hydrogen-bond donors (Lipinski definition) is 1. The van der Waals surface area contributed by atoms with Crippen LogP contribution in [0.4, 0.5) is 4.79 Å². The van der Waals surface area contributed by atoms with E-state index in [1.807, 2.05) is 54.8 Å². The van der Waals surface area contributed by atoms with Gasteiger partial charge in [0.05, 0.1) is 24.5 Å². The third-order valence-electron chi connectivity index (χ3n) is 3.62. The van der Waals surface area contributed by atoms with Crippen molar-refractivity contribution in [2.45, 2.75) is 19.5 Å².